The number of carbonyl (C=O) groups is 1. The second kappa shape index (κ2) is 6.48. The minimum Gasteiger partial charge on any atom is -0.493 e. The smallest absolute Gasteiger partial charge is 0.308 e. The first-order valence-corrected chi connectivity index (χ1v) is 7.80. The maximum atomic E-state index is 11.6. The molecular weight excluding hydrogens is 266 g/mol. The lowest BCUT2D eigenvalue weighted by Gasteiger charge is -2.35. The predicted molar refractivity (Wildman–Crippen MR) is 80.5 cm³/mol. The van der Waals surface area contributed by atoms with Crippen LogP contribution >= 0.6 is 0 Å². The minimum atomic E-state index is -0.0499. The van der Waals surface area contributed by atoms with Gasteiger partial charge in [-0.2, -0.15) is 0 Å². The second-order valence-electron chi connectivity index (χ2n) is 5.97. The van der Waals surface area contributed by atoms with E-state index in [1.165, 1.54) is 12.7 Å². The summed E-state index contributed by atoms with van der Waals surface area (Å²) in [7, 11) is 1.48. The van der Waals surface area contributed by atoms with E-state index in [-0.39, 0.29) is 11.9 Å². The number of rotatable bonds is 3. The monoisotopic (exact) mass is 289 g/mol. The largest absolute Gasteiger partial charge is 0.493 e. The summed E-state index contributed by atoms with van der Waals surface area (Å²) in [5.74, 6) is 1.63. The van der Waals surface area contributed by atoms with Crippen LogP contribution < -0.4 is 4.74 Å². The van der Waals surface area contributed by atoms with Crippen LogP contribution in [0.3, 0.4) is 0 Å². The molecule has 0 amide bonds. The van der Waals surface area contributed by atoms with Crippen molar-refractivity contribution in [1.29, 1.82) is 0 Å². The van der Waals surface area contributed by atoms with E-state index < -0.39 is 0 Å². The summed E-state index contributed by atoms with van der Waals surface area (Å²) < 4.78 is 10.6. The molecule has 4 nitrogen and oxygen atoms in total. The fourth-order valence-corrected chi connectivity index (χ4v) is 3.44. The molecule has 0 bridgehead atoms. The number of carbonyl (C=O) groups excluding carboxylic acids is 1. The van der Waals surface area contributed by atoms with Crippen molar-refractivity contribution in [2.75, 3.05) is 33.4 Å². The molecule has 4 heteroatoms. The number of hydrogen-bond acceptors (Lipinski definition) is 4. The Bertz CT molecular complexity index is 495. The number of para-hydroxylation sites is 1. The van der Waals surface area contributed by atoms with Crippen molar-refractivity contribution in [3.8, 4) is 5.75 Å². The van der Waals surface area contributed by atoms with Crippen LogP contribution in [0.15, 0.2) is 24.3 Å². The SMILES string of the molecule is COC(=O)C1CCN(CC2CCOc3ccccc32)CC1. The van der Waals surface area contributed by atoms with Crippen LogP contribution in [0.1, 0.15) is 30.7 Å². The topological polar surface area (TPSA) is 38.8 Å². The standard InChI is InChI=1S/C17H23NO3/c1-20-17(19)13-6-9-18(10-7-13)12-14-8-11-21-16-5-3-2-4-15(14)16/h2-5,13-14H,6-12H2,1H3. The van der Waals surface area contributed by atoms with Crippen molar-refractivity contribution in [3.05, 3.63) is 29.8 Å². The number of fused-ring (bicyclic) bond motifs is 1. The number of benzene rings is 1. The predicted octanol–water partition coefficient (Wildman–Crippen LogP) is 2.44. The van der Waals surface area contributed by atoms with Gasteiger partial charge in [0.2, 0.25) is 0 Å². The van der Waals surface area contributed by atoms with E-state index >= 15 is 0 Å². The zero-order chi connectivity index (χ0) is 14.7. The third-order valence-corrected chi connectivity index (χ3v) is 4.68. The quantitative estimate of drug-likeness (QED) is 0.801. The number of ether oxygens (including phenoxy) is 2. The number of nitrogens with zero attached hydrogens (tertiary/aromatic N) is 1. The lowest BCUT2D eigenvalue weighted by molar-refractivity contribution is -0.147. The lowest BCUT2D eigenvalue weighted by Crippen LogP contribution is -2.39. The highest BCUT2D eigenvalue weighted by molar-refractivity contribution is 5.72. The highest BCUT2D eigenvalue weighted by Gasteiger charge is 2.28. The third kappa shape index (κ3) is 3.21. The number of hydrogen-bond donors (Lipinski definition) is 0. The molecule has 2 heterocycles. The molecule has 0 aliphatic carbocycles. The molecule has 1 unspecified atom stereocenters. The molecule has 1 fully saturated rings. The van der Waals surface area contributed by atoms with Crippen molar-refractivity contribution in [2.45, 2.75) is 25.2 Å². The Morgan fingerprint density at radius 2 is 2.05 bits per heavy atom. The first-order chi connectivity index (χ1) is 10.3. The lowest BCUT2D eigenvalue weighted by atomic mass is 9.90. The van der Waals surface area contributed by atoms with Crippen molar-refractivity contribution < 1.29 is 14.3 Å². The van der Waals surface area contributed by atoms with Crippen LogP contribution in [0.25, 0.3) is 0 Å². The van der Waals surface area contributed by atoms with E-state index in [9.17, 15) is 4.79 Å². The number of piperidine rings is 1. The Kier molecular flexibility index (Phi) is 4.44. The van der Waals surface area contributed by atoms with Gasteiger partial charge in [-0.3, -0.25) is 4.79 Å². The molecule has 0 saturated carbocycles. The first kappa shape index (κ1) is 14.4. The molecule has 0 spiro atoms. The van der Waals surface area contributed by atoms with Crippen LogP contribution in [0, 0.1) is 5.92 Å². The number of likely N-dealkylation sites (tertiary alicyclic amines) is 1. The zero-order valence-corrected chi connectivity index (χ0v) is 12.6. The Labute approximate surface area is 126 Å². The summed E-state index contributed by atoms with van der Waals surface area (Å²) >= 11 is 0. The van der Waals surface area contributed by atoms with Gasteiger partial charge in [0, 0.05) is 12.5 Å². The molecule has 2 aliphatic heterocycles. The van der Waals surface area contributed by atoms with Gasteiger partial charge in [-0.15, -0.1) is 0 Å². The molecule has 2 aliphatic rings. The van der Waals surface area contributed by atoms with E-state index in [0.29, 0.717) is 5.92 Å². The van der Waals surface area contributed by atoms with Crippen LogP contribution in [0.2, 0.25) is 0 Å². The molecule has 21 heavy (non-hydrogen) atoms. The minimum absolute atomic E-state index is 0.0499. The van der Waals surface area contributed by atoms with Gasteiger partial charge >= 0.3 is 5.97 Å². The molecule has 1 atom stereocenters. The average molecular weight is 289 g/mol. The van der Waals surface area contributed by atoms with Crippen LogP contribution in [0.5, 0.6) is 5.75 Å². The van der Waals surface area contributed by atoms with Crippen LogP contribution in [0.4, 0.5) is 0 Å². The van der Waals surface area contributed by atoms with E-state index in [0.717, 1.165) is 51.3 Å². The van der Waals surface area contributed by atoms with Gasteiger partial charge in [-0.25, -0.2) is 0 Å². The second-order valence-corrected chi connectivity index (χ2v) is 5.97. The number of esters is 1. The van der Waals surface area contributed by atoms with E-state index in [2.05, 4.69) is 23.1 Å². The molecule has 1 saturated heterocycles. The summed E-state index contributed by atoms with van der Waals surface area (Å²) in [6.45, 7) is 3.84. The Hall–Kier alpha value is -1.55. The van der Waals surface area contributed by atoms with E-state index in [1.807, 2.05) is 6.07 Å². The summed E-state index contributed by atoms with van der Waals surface area (Å²) in [5.41, 5.74) is 1.33. The summed E-state index contributed by atoms with van der Waals surface area (Å²) in [4.78, 5) is 14.0. The zero-order valence-electron chi connectivity index (χ0n) is 12.6. The van der Waals surface area contributed by atoms with Gasteiger partial charge in [0.25, 0.3) is 0 Å². The maximum absolute atomic E-state index is 11.6. The average Bonchev–Trinajstić information content (AvgIpc) is 2.55. The van der Waals surface area contributed by atoms with Crippen LogP contribution in [-0.2, 0) is 9.53 Å². The normalized spacial score (nSPS) is 23.2. The summed E-state index contributed by atoms with van der Waals surface area (Å²) in [5, 5.41) is 0. The highest BCUT2D eigenvalue weighted by Crippen LogP contribution is 2.34. The van der Waals surface area contributed by atoms with Crippen molar-refractivity contribution in [3.63, 3.8) is 0 Å². The molecule has 3 rings (SSSR count). The fourth-order valence-electron chi connectivity index (χ4n) is 3.44. The van der Waals surface area contributed by atoms with Crippen molar-refractivity contribution in [2.24, 2.45) is 5.92 Å². The van der Waals surface area contributed by atoms with Gasteiger partial charge in [0.05, 0.1) is 19.6 Å². The maximum Gasteiger partial charge on any atom is 0.308 e. The van der Waals surface area contributed by atoms with Gasteiger partial charge in [-0.05, 0) is 44.0 Å². The highest BCUT2D eigenvalue weighted by atomic mass is 16.5. The van der Waals surface area contributed by atoms with Gasteiger partial charge in [-0.1, -0.05) is 18.2 Å². The van der Waals surface area contributed by atoms with Gasteiger partial charge in [0.1, 0.15) is 5.75 Å². The third-order valence-electron chi connectivity index (χ3n) is 4.68. The molecule has 0 radical (unpaired) electrons. The number of methoxy groups -OCH3 is 1. The van der Waals surface area contributed by atoms with E-state index in [4.69, 9.17) is 9.47 Å². The van der Waals surface area contributed by atoms with Crippen LogP contribution in [-0.4, -0.2) is 44.2 Å². The molecule has 114 valence electrons. The van der Waals surface area contributed by atoms with Crippen molar-refractivity contribution in [1.82, 2.24) is 4.90 Å². The Morgan fingerprint density at radius 1 is 1.29 bits per heavy atom. The molecular formula is C17H23NO3. The molecule has 1 aromatic rings. The molecule has 0 N–H and O–H groups in total. The van der Waals surface area contributed by atoms with E-state index in [1.54, 1.807) is 0 Å². The van der Waals surface area contributed by atoms with Gasteiger partial charge < -0.3 is 14.4 Å². The molecule has 1 aromatic carbocycles. The summed E-state index contributed by atoms with van der Waals surface area (Å²) in [6, 6.07) is 8.36. The molecule has 0 aromatic heterocycles. The fraction of sp³-hybridized carbons (Fsp3) is 0.588. The van der Waals surface area contributed by atoms with Gasteiger partial charge in [0.15, 0.2) is 0 Å². The summed E-state index contributed by atoms with van der Waals surface area (Å²) in [6.07, 6.45) is 2.91. The Morgan fingerprint density at radius 3 is 2.81 bits per heavy atom. The Balaban J connectivity index is 1.58. The first-order valence-electron chi connectivity index (χ1n) is 7.80. The van der Waals surface area contributed by atoms with Crippen molar-refractivity contribution >= 4 is 5.97 Å².